The summed E-state index contributed by atoms with van der Waals surface area (Å²) in [6.07, 6.45) is 0. The molecule has 0 aromatic heterocycles. The minimum atomic E-state index is -1.61. The topological polar surface area (TPSA) is 58.9 Å². The summed E-state index contributed by atoms with van der Waals surface area (Å²) in [5.41, 5.74) is 0.209. The molecule has 1 aromatic rings. The summed E-state index contributed by atoms with van der Waals surface area (Å²) in [7, 11) is -0.220. The monoisotopic (exact) mass is 202 g/mol. The number of benzene rings is 1. The molecule has 2 N–H and O–H groups in total. The van der Waals surface area contributed by atoms with Gasteiger partial charge in [0.15, 0.2) is 11.5 Å². The molecule has 13 heavy (non-hydrogen) atoms. The fourth-order valence-corrected chi connectivity index (χ4v) is 1.14. The highest BCUT2D eigenvalue weighted by atomic mass is 35.5. The molecule has 70 valence electrons. The molecule has 0 heterocycles. The molecule has 0 fully saturated rings. The van der Waals surface area contributed by atoms with E-state index in [1.807, 2.05) is 0 Å². The average Bonchev–Trinajstić information content (AvgIpc) is 2.16. The van der Waals surface area contributed by atoms with Gasteiger partial charge in [-0.05, 0) is 6.07 Å². The number of methoxy groups -OCH3 is 1. The van der Waals surface area contributed by atoms with E-state index in [4.69, 9.17) is 26.7 Å². The fraction of sp³-hybridized carbons (Fsp3) is 0.143. The Kier molecular flexibility index (Phi) is 3.42. The zero-order chi connectivity index (χ0) is 9.84. The molecule has 0 atom stereocenters. The molecule has 0 saturated heterocycles. The van der Waals surface area contributed by atoms with Crippen LogP contribution in [0.25, 0.3) is 0 Å². The molecule has 4 nitrogen and oxygen atoms in total. The van der Waals surface area contributed by atoms with Gasteiger partial charge in [-0.2, -0.15) is 0 Å². The second kappa shape index (κ2) is 4.36. The Morgan fingerprint density at radius 3 is 2.54 bits per heavy atom. The van der Waals surface area contributed by atoms with Gasteiger partial charge >= 0.3 is 7.12 Å². The van der Waals surface area contributed by atoms with Crippen LogP contribution in [0.4, 0.5) is 0 Å². The third-order valence-corrected chi connectivity index (χ3v) is 1.74. The normalized spacial score (nSPS) is 9.54. The van der Waals surface area contributed by atoms with Gasteiger partial charge in [-0.1, -0.05) is 12.1 Å². The maximum absolute atomic E-state index is 8.93. The van der Waals surface area contributed by atoms with Crippen LogP contribution < -0.4 is 14.5 Å². The highest BCUT2D eigenvalue weighted by Crippen LogP contribution is 2.25. The zero-order valence-electron chi connectivity index (χ0n) is 6.90. The van der Waals surface area contributed by atoms with Gasteiger partial charge in [0.05, 0.1) is 7.11 Å². The van der Waals surface area contributed by atoms with Crippen molar-refractivity contribution in [2.75, 3.05) is 7.11 Å². The highest BCUT2D eigenvalue weighted by molar-refractivity contribution is 6.59. The van der Waals surface area contributed by atoms with E-state index < -0.39 is 7.12 Å². The summed E-state index contributed by atoms with van der Waals surface area (Å²) < 4.78 is 9.35. The summed E-state index contributed by atoms with van der Waals surface area (Å²) in [5.74, 6) is 0.460. The van der Waals surface area contributed by atoms with Crippen molar-refractivity contribution >= 4 is 24.4 Å². The van der Waals surface area contributed by atoms with Crippen LogP contribution in [0, 0.1) is 0 Å². The molecule has 0 aliphatic carbocycles. The Labute approximate surface area is 81.0 Å². The number of hydrogen-bond donors (Lipinski definition) is 2. The van der Waals surface area contributed by atoms with E-state index in [2.05, 4.69) is 4.29 Å². The summed E-state index contributed by atoms with van der Waals surface area (Å²) in [4.78, 5) is 0. The third kappa shape index (κ3) is 2.06. The first-order valence-corrected chi connectivity index (χ1v) is 3.83. The standard InChI is InChI=1S/C7H8BClO4/c1-12-7-5(8(10)11)3-2-4-6(7)13-9/h2-4,10-11H,1H3. The Morgan fingerprint density at radius 2 is 2.08 bits per heavy atom. The first-order valence-electron chi connectivity index (χ1n) is 3.52. The molecule has 0 aliphatic rings. The second-order valence-corrected chi connectivity index (χ2v) is 2.48. The van der Waals surface area contributed by atoms with E-state index in [0.717, 1.165) is 0 Å². The van der Waals surface area contributed by atoms with Crippen LogP contribution in [0.2, 0.25) is 0 Å². The minimum absolute atomic E-state index is 0.209. The van der Waals surface area contributed by atoms with Gasteiger partial charge < -0.3 is 19.1 Å². The maximum atomic E-state index is 8.93. The van der Waals surface area contributed by atoms with Crippen molar-refractivity contribution in [1.82, 2.24) is 0 Å². The van der Waals surface area contributed by atoms with Crippen LogP contribution in [0.3, 0.4) is 0 Å². The van der Waals surface area contributed by atoms with Gasteiger partial charge in [0.1, 0.15) is 11.9 Å². The Balaban J connectivity index is 3.19. The van der Waals surface area contributed by atoms with Gasteiger partial charge in [-0.15, -0.1) is 0 Å². The van der Waals surface area contributed by atoms with Crippen molar-refractivity contribution in [3.63, 3.8) is 0 Å². The fourth-order valence-electron chi connectivity index (χ4n) is 1.02. The quantitative estimate of drug-likeness (QED) is 0.673. The lowest BCUT2D eigenvalue weighted by molar-refractivity contribution is 0.391. The zero-order valence-corrected chi connectivity index (χ0v) is 7.65. The summed E-state index contributed by atoms with van der Waals surface area (Å²) in [5, 5.41) is 17.9. The van der Waals surface area contributed by atoms with Crippen molar-refractivity contribution in [2.45, 2.75) is 0 Å². The van der Waals surface area contributed by atoms with Crippen LogP contribution in [0.1, 0.15) is 0 Å². The van der Waals surface area contributed by atoms with Crippen LogP contribution >= 0.6 is 11.9 Å². The molecule has 1 rings (SSSR count). The lowest BCUT2D eigenvalue weighted by Gasteiger charge is -2.09. The predicted octanol–water partition coefficient (Wildman–Crippen LogP) is -0.0924. The molecular weight excluding hydrogens is 194 g/mol. The van der Waals surface area contributed by atoms with E-state index in [1.165, 1.54) is 13.2 Å². The Morgan fingerprint density at radius 1 is 1.38 bits per heavy atom. The van der Waals surface area contributed by atoms with Gasteiger partial charge in [0.25, 0.3) is 0 Å². The summed E-state index contributed by atoms with van der Waals surface area (Å²) in [6.45, 7) is 0. The molecular formula is C7H8BClO4. The summed E-state index contributed by atoms with van der Waals surface area (Å²) >= 11 is 5.14. The second-order valence-electron chi connectivity index (χ2n) is 2.33. The molecule has 0 spiro atoms. The number of hydrogen-bond acceptors (Lipinski definition) is 4. The lowest BCUT2D eigenvalue weighted by Crippen LogP contribution is -2.31. The Hall–Kier alpha value is -0.905. The number of para-hydroxylation sites is 1. The van der Waals surface area contributed by atoms with Gasteiger partial charge in [0, 0.05) is 5.46 Å². The predicted molar refractivity (Wildman–Crippen MR) is 49.3 cm³/mol. The van der Waals surface area contributed by atoms with Crippen LogP contribution in [-0.2, 0) is 0 Å². The Bertz CT molecular complexity index is 292. The number of rotatable bonds is 3. The van der Waals surface area contributed by atoms with E-state index in [-0.39, 0.29) is 17.0 Å². The third-order valence-electron chi connectivity index (χ3n) is 1.57. The van der Waals surface area contributed by atoms with Crippen molar-refractivity contribution in [1.29, 1.82) is 0 Å². The molecule has 0 aliphatic heterocycles. The number of halogens is 1. The first kappa shape index (κ1) is 10.2. The van der Waals surface area contributed by atoms with Crippen molar-refractivity contribution in [2.24, 2.45) is 0 Å². The van der Waals surface area contributed by atoms with Crippen molar-refractivity contribution < 1.29 is 19.1 Å². The van der Waals surface area contributed by atoms with Gasteiger partial charge in [-0.25, -0.2) is 0 Å². The van der Waals surface area contributed by atoms with Crippen LogP contribution in [0.15, 0.2) is 18.2 Å². The van der Waals surface area contributed by atoms with Gasteiger partial charge in [0.2, 0.25) is 0 Å². The molecule has 0 radical (unpaired) electrons. The lowest BCUT2D eigenvalue weighted by atomic mass is 9.79. The van der Waals surface area contributed by atoms with Crippen LogP contribution in [-0.4, -0.2) is 24.3 Å². The van der Waals surface area contributed by atoms with E-state index >= 15 is 0 Å². The number of ether oxygens (including phenoxy) is 1. The van der Waals surface area contributed by atoms with Gasteiger partial charge in [-0.3, -0.25) is 0 Å². The largest absolute Gasteiger partial charge is 0.493 e. The minimum Gasteiger partial charge on any atom is -0.493 e. The van der Waals surface area contributed by atoms with Crippen molar-refractivity contribution in [3.8, 4) is 11.5 Å². The smallest absolute Gasteiger partial charge is 0.492 e. The maximum Gasteiger partial charge on any atom is 0.492 e. The van der Waals surface area contributed by atoms with E-state index in [1.54, 1.807) is 12.1 Å². The summed E-state index contributed by atoms with van der Waals surface area (Å²) in [6, 6.07) is 4.63. The van der Waals surface area contributed by atoms with E-state index in [9.17, 15) is 0 Å². The molecule has 6 heteroatoms. The highest BCUT2D eigenvalue weighted by Gasteiger charge is 2.19. The molecule has 0 amide bonds. The van der Waals surface area contributed by atoms with Crippen molar-refractivity contribution in [3.05, 3.63) is 18.2 Å². The average molecular weight is 202 g/mol. The van der Waals surface area contributed by atoms with Crippen LogP contribution in [0.5, 0.6) is 11.5 Å². The molecule has 1 aromatic carbocycles. The first-order chi connectivity index (χ1) is 6.20. The molecule has 0 bridgehead atoms. The molecule has 0 saturated carbocycles. The van der Waals surface area contributed by atoms with E-state index in [0.29, 0.717) is 0 Å². The molecule has 0 unspecified atom stereocenters. The SMILES string of the molecule is COc1c(OCl)cccc1B(O)O.